The Kier molecular flexibility index (Phi) is 5.65. The minimum atomic E-state index is 0.196. The van der Waals surface area contributed by atoms with Crippen molar-refractivity contribution in [2.45, 2.75) is 20.3 Å². The molecule has 0 saturated carbocycles. The predicted octanol–water partition coefficient (Wildman–Crippen LogP) is 0.0539. The maximum atomic E-state index is 11.6. The average molecular weight is 213 g/mol. The number of likely N-dealkylation sites (N-methyl/N-ethyl adjacent to an activating group) is 1. The van der Waals surface area contributed by atoms with E-state index in [4.69, 9.17) is 0 Å². The number of rotatable bonds is 6. The van der Waals surface area contributed by atoms with Crippen molar-refractivity contribution >= 4 is 5.91 Å². The van der Waals surface area contributed by atoms with E-state index in [0.29, 0.717) is 0 Å². The fourth-order valence-corrected chi connectivity index (χ4v) is 1.90. The first-order valence-corrected chi connectivity index (χ1v) is 5.98. The molecule has 0 aromatic carbocycles. The number of nitrogens with one attached hydrogen (secondary N) is 2. The molecule has 2 N–H and O–H groups in total. The minimum absolute atomic E-state index is 0.196. The summed E-state index contributed by atoms with van der Waals surface area (Å²) in [6.45, 7) is 9.95. The molecule has 0 aromatic rings. The van der Waals surface area contributed by atoms with Crippen LogP contribution in [0.5, 0.6) is 0 Å². The van der Waals surface area contributed by atoms with Crippen LogP contribution in [0.25, 0.3) is 0 Å². The number of carbonyl (C=O) groups excluding carboxylic acids is 1. The summed E-state index contributed by atoms with van der Waals surface area (Å²) in [7, 11) is 0. The Morgan fingerprint density at radius 1 is 1.47 bits per heavy atom. The van der Waals surface area contributed by atoms with Gasteiger partial charge in [-0.3, -0.25) is 4.79 Å². The summed E-state index contributed by atoms with van der Waals surface area (Å²) in [4.78, 5) is 13.9. The van der Waals surface area contributed by atoms with E-state index < -0.39 is 0 Å². The summed E-state index contributed by atoms with van der Waals surface area (Å²) in [5.41, 5.74) is 0. The molecule has 1 fully saturated rings. The average Bonchev–Trinajstić information content (AvgIpc) is 2.77. The van der Waals surface area contributed by atoms with E-state index in [1.54, 1.807) is 0 Å². The molecule has 0 spiro atoms. The van der Waals surface area contributed by atoms with Crippen molar-refractivity contribution in [1.82, 2.24) is 15.5 Å². The highest BCUT2D eigenvalue weighted by Gasteiger charge is 2.21. The molecule has 0 radical (unpaired) electrons. The number of carbonyl (C=O) groups is 1. The molecule has 0 bridgehead atoms. The summed E-state index contributed by atoms with van der Waals surface area (Å²) in [6.07, 6.45) is 0.983. The highest BCUT2D eigenvalue weighted by Crippen LogP contribution is 2.06. The van der Waals surface area contributed by atoms with Gasteiger partial charge in [-0.05, 0) is 26.1 Å². The normalized spacial score (nSPS) is 20.9. The van der Waals surface area contributed by atoms with Crippen LogP contribution in [-0.4, -0.2) is 50.1 Å². The van der Waals surface area contributed by atoms with Gasteiger partial charge in [-0.1, -0.05) is 13.8 Å². The Morgan fingerprint density at radius 2 is 2.20 bits per heavy atom. The molecule has 0 aromatic heterocycles. The second-order valence-electron chi connectivity index (χ2n) is 4.01. The Morgan fingerprint density at radius 3 is 2.73 bits per heavy atom. The van der Waals surface area contributed by atoms with Crippen LogP contribution in [0.3, 0.4) is 0 Å². The van der Waals surface area contributed by atoms with E-state index in [1.165, 1.54) is 0 Å². The lowest BCUT2D eigenvalue weighted by atomic mass is 10.1. The molecular weight excluding hydrogens is 190 g/mol. The number of hydrogen-bond donors (Lipinski definition) is 2. The van der Waals surface area contributed by atoms with Crippen molar-refractivity contribution in [1.29, 1.82) is 0 Å². The lowest BCUT2D eigenvalue weighted by molar-refractivity contribution is -0.124. The lowest BCUT2D eigenvalue weighted by Gasteiger charge is -2.18. The van der Waals surface area contributed by atoms with Crippen LogP contribution >= 0.6 is 0 Å². The molecule has 1 aliphatic heterocycles. The molecule has 1 heterocycles. The summed E-state index contributed by atoms with van der Waals surface area (Å²) in [5, 5.41) is 6.21. The molecule has 1 saturated heterocycles. The van der Waals surface area contributed by atoms with Crippen molar-refractivity contribution in [3.63, 3.8) is 0 Å². The van der Waals surface area contributed by atoms with Crippen LogP contribution in [-0.2, 0) is 4.79 Å². The van der Waals surface area contributed by atoms with Gasteiger partial charge in [-0.15, -0.1) is 0 Å². The van der Waals surface area contributed by atoms with Crippen molar-refractivity contribution < 1.29 is 4.79 Å². The third-order valence-electron chi connectivity index (χ3n) is 3.05. The number of hydrogen-bond acceptors (Lipinski definition) is 3. The molecule has 1 aliphatic rings. The highest BCUT2D eigenvalue weighted by atomic mass is 16.1. The zero-order valence-electron chi connectivity index (χ0n) is 9.88. The Hall–Kier alpha value is -0.610. The van der Waals surface area contributed by atoms with Gasteiger partial charge in [0.05, 0.1) is 5.92 Å². The second-order valence-corrected chi connectivity index (χ2v) is 4.01. The lowest BCUT2D eigenvalue weighted by Crippen LogP contribution is -2.38. The van der Waals surface area contributed by atoms with Crippen LogP contribution < -0.4 is 10.6 Å². The van der Waals surface area contributed by atoms with Crippen molar-refractivity contribution in [3.8, 4) is 0 Å². The first-order chi connectivity index (χ1) is 7.27. The molecule has 4 nitrogen and oxygen atoms in total. The molecule has 1 rings (SSSR count). The maximum Gasteiger partial charge on any atom is 0.224 e. The molecule has 0 aliphatic carbocycles. The fourth-order valence-electron chi connectivity index (χ4n) is 1.90. The topological polar surface area (TPSA) is 44.4 Å². The standard InChI is InChI=1S/C11H23N3O/c1-3-14(4-2)8-7-13-11(15)10-5-6-12-9-10/h10,12H,3-9H2,1-2H3,(H,13,15). The van der Waals surface area contributed by atoms with Gasteiger partial charge in [0.15, 0.2) is 0 Å². The van der Waals surface area contributed by atoms with Gasteiger partial charge < -0.3 is 15.5 Å². The van der Waals surface area contributed by atoms with Crippen LogP contribution in [0.15, 0.2) is 0 Å². The molecule has 1 amide bonds. The van der Waals surface area contributed by atoms with E-state index in [0.717, 1.165) is 45.7 Å². The van der Waals surface area contributed by atoms with E-state index >= 15 is 0 Å². The molecule has 1 atom stereocenters. The van der Waals surface area contributed by atoms with Gasteiger partial charge in [-0.25, -0.2) is 0 Å². The van der Waals surface area contributed by atoms with Crippen LogP contribution in [0.1, 0.15) is 20.3 Å². The summed E-state index contributed by atoms with van der Waals surface area (Å²) in [5.74, 6) is 0.411. The second kappa shape index (κ2) is 6.80. The van der Waals surface area contributed by atoms with E-state index in [1.807, 2.05) is 0 Å². The molecule has 1 unspecified atom stereocenters. The first kappa shape index (κ1) is 12.5. The molecule has 15 heavy (non-hydrogen) atoms. The van der Waals surface area contributed by atoms with Gasteiger partial charge in [0.2, 0.25) is 5.91 Å². The highest BCUT2D eigenvalue weighted by molar-refractivity contribution is 5.79. The number of nitrogens with zero attached hydrogens (tertiary/aromatic N) is 1. The van der Waals surface area contributed by atoms with Crippen molar-refractivity contribution in [2.24, 2.45) is 5.92 Å². The first-order valence-electron chi connectivity index (χ1n) is 5.98. The minimum Gasteiger partial charge on any atom is -0.355 e. The Labute approximate surface area is 92.4 Å². The number of amides is 1. The molecule has 4 heteroatoms. The molecule has 88 valence electrons. The molecular formula is C11H23N3O. The van der Waals surface area contributed by atoms with Gasteiger partial charge in [0.25, 0.3) is 0 Å². The van der Waals surface area contributed by atoms with Crippen LogP contribution in [0.2, 0.25) is 0 Å². The summed E-state index contributed by atoms with van der Waals surface area (Å²) >= 11 is 0. The van der Waals surface area contributed by atoms with Crippen LogP contribution in [0, 0.1) is 5.92 Å². The van der Waals surface area contributed by atoms with E-state index in [-0.39, 0.29) is 11.8 Å². The summed E-state index contributed by atoms with van der Waals surface area (Å²) < 4.78 is 0. The largest absolute Gasteiger partial charge is 0.355 e. The van der Waals surface area contributed by atoms with Crippen molar-refractivity contribution in [2.75, 3.05) is 39.3 Å². The third-order valence-corrected chi connectivity index (χ3v) is 3.05. The third kappa shape index (κ3) is 4.18. The monoisotopic (exact) mass is 213 g/mol. The van der Waals surface area contributed by atoms with E-state index in [2.05, 4.69) is 29.4 Å². The van der Waals surface area contributed by atoms with Gasteiger partial charge >= 0.3 is 0 Å². The maximum absolute atomic E-state index is 11.6. The van der Waals surface area contributed by atoms with Gasteiger partial charge in [-0.2, -0.15) is 0 Å². The SMILES string of the molecule is CCN(CC)CCNC(=O)C1CCNC1. The van der Waals surface area contributed by atoms with Crippen LogP contribution in [0.4, 0.5) is 0 Å². The van der Waals surface area contributed by atoms with Crippen molar-refractivity contribution in [3.05, 3.63) is 0 Å². The van der Waals surface area contributed by atoms with Gasteiger partial charge in [0.1, 0.15) is 0 Å². The zero-order chi connectivity index (χ0) is 11.1. The zero-order valence-corrected chi connectivity index (χ0v) is 9.88. The smallest absolute Gasteiger partial charge is 0.224 e. The van der Waals surface area contributed by atoms with E-state index in [9.17, 15) is 4.79 Å². The Balaban J connectivity index is 2.10. The fraction of sp³-hybridized carbons (Fsp3) is 0.909. The predicted molar refractivity (Wildman–Crippen MR) is 61.8 cm³/mol. The quantitative estimate of drug-likeness (QED) is 0.655. The van der Waals surface area contributed by atoms with Gasteiger partial charge in [0, 0.05) is 19.6 Å². The summed E-state index contributed by atoms with van der Waals surface area (Å²) in [6, 6.07) is 0. The Bertz CT molecular complexity index is 186.